The van der Waals surface area contributed by atoms with Gasteiger partial charge in [-0.2, -0.15) is 13.9 Å². The third-order valence-corrected chi connectivity index (χ3v) is 4.51. The monoisotopic (exact) mass is 429 g/mol. The smallest absolute Gasteiger partial charge is 0.333 e. The van der Waals surface area contributed by atoms with Crippen LogP contribution in [0.3, 0.4) is 0 Å². The van der Waals surface area contributed by atoms with E-state index in [1.54, 1.807) is 31.2 Å². The van der Waals surface area contributed by atoms with E-state index >= 15 is 0 Å². The predicted octanol–water partition coefficient (Wildman–Crippen LogP) is 3.53. The number of halogens is 3. The van der Waals surface area contributed by atoms with Crippen molar-refractivity contribution in [3.8, 4) is 0 Å². The zero-order valence-electron chi connectivity index (χ0n) is 14.2. The molecule has 6 nitrogen and oxygen atoms in total. The number of nitrogens with one attached hydrogen (secondary N) is 1. The van der Waals surface area contributed by atoms with Crippen LogP contribution in [0, 0.1) is 13.8 Å². The number of aliphatic carboxylic acids is 1. The molecule has 2 N–H and O–H groups in total. The molecule has 0 bridgehead atoms. The Morgan fingerprint density at radius 2 is 1.88 bits per heavy atom. The van der Waals surface area contributed by atoms with Gasteiger partial charge in [-0.05, 0) is 31.5 Å². The number of alkyl halides is 2. The summed E-state index contributed by atoms with van der Waals surface area (Å²) in [6, 6.07) is 6.19. The van der Waals surface area contributed by atoms with Gasteiger partial charge in [-0.3, -0.25) is 9.59 Å². The topological polar surface area (TPSA) is 84.2 Å². The molecule has 0 aliphatic carbocycles. The Labute approximate surface area is 157 Å². The minimum atomic E-state index is -2.78. The number of aromatic nitrogens is 2. The van der Waals surface area contributed by atoms with Gasteiger partial charge in [-0.15, -0.1) is 0 Å². The van der Waals surface area contributed by atoms with E-state index in [0.717, 1.165) is 4.47 Å². The molecule has 9 heteroatoms. The third-order valence-electron chi connectivity index (χ3n) is 3.98. The third kappa shape index (κ3) is 4.87. The van der Waals surface area contributed by atoms with Crippen molar-refractivity contribution >= 4 is 27.8 Å². The molecule has 1 atom stereocenters. The van der Waals surface area contributed by atoms with Gasteiger partial charge >= 0.3 is 12.5 Å². The van der Waals surface area contributed by atoms with Crippen molar-refractivity contribution in [2.24, 2.45) is 0 Å². The molecule has 2 rings (SSSR count). The fraction of sp³-hybridized carbons (Fsp3) is 0.353. The summed E-state index contributed by atoms with van der Waals surface area (Å²) in [5.41, 5.74) is 1.61. The van der Waals surface area contributed by atoms with Gasteiger partial charge < -0.3 is 10.4 Å². The van der Waals surface area contributed by atoms with Crippen LogP contribution < -0.4 is 5.32 Å². The van der Waals surface area contributed by atoms with Crippen molar-refractivity contribution in [1.29, 1.82) is 0 Å². The molecule has 0 radical (unpaired) electrons. The molecule has 0 spiro atoms. The first kappa shape index (κ1) is 20.0. The number of rotatable bonds is 7. The summed E-state index contributed by atoms with van der Waals surface area (Å²) in [5.74, 6) is -1.52. The molecule has 26 heavy (non-hydrogen) atoms. The number of hydrogen-bond donors (Lipinski definition) is 2. The van der Waals surface area contributed by atoms with Gasteiger partial charge in [0.1, 0.15) is 0 Å². The second kappa shape index (κ2) is 8.39. The van der Waals surface area contributed by atoms with Crippen molar-refractivity contribution in [2.75, 3.05) is 0 Å². The SMILES string of the molecule is Cc1nn(C(F)F)c(C)c1CC(=O)N[C@H](CC(=O)O)c1ccc(Br)cc1. The average molecular weight is 430 g/mol. The molecule has 1 amide bonds. The Bertz CT molecular complexity index is 806. The van der Waals surface area contributed by atoms with E-state index in [4.69, 9.17) is 5.11 Å². The van der Waals surface area contributed by atoms with Crippen LogP contribution in [-0.2, 0) is 16.0 Å². The summed E-state index contributed by atoms with van der Waals surface area (Å²) < 4.78 is 27.2. The van der Waals surface area contributed by atoms with Crippen molar-refractivity contribution in [3.05, 3.63) is 51.3 Å². The van der Waals surface area contributed by atoms with Gasteiger partial charge in [0.25, 0.3) is 0 Å². The summed E-state index contributed by atoms with van der Waals surface area (Å²) in [6.45, 7) is 0.240. The number of carbonyl (C=O) groups is 2. The van der Waals surface area contributed by atoms with Crippen LogP contribution in [0.2, 0.25) is 0 Å². The zero-order chi connectivity index (χ0) is 19.4. The maximum Gasteiger partial charge on any atom is 0.333 e. The second-order valence-corrected chi connectivity index (χ2v) is 6.73. The van der Waals surface area contributed by atoms with E-state index in [9.17, 15) is 18.4 Å². The van der Waals surface area contributed by atoms with Crippen LogP contribution in [0.25, 0.3) is 0 Å². The normalized spacial score (nSPS) is 12.2. The molecule has 2 aromatic rings. The first-order valence-corrected chi connectivity index (χ1v) is 8.57. The molecule has 0 fully saturated rings. The number of carboxylic acid groups (broad SMARTS) is 1. The number of carboxylic acids is 1. The molecule has 1 heterocycles. The van der Waals surface area contributed by atoms with Gasteiger partial charge in [-0.25, -0.2) is 4.68 Å². The van der Waals surface area contributed by atoms with Crippen LogP contribution in [-0.4, -0.2) is 26.8 Å². The number of hydrogen-bond acceptors (Lipinski definition) is 3. The van der Waals surface area contributed by atoms with E-state index < -0.39 is 24.5 Å². The van der Waals surface area contributed by atoms with E-state index in [1.165, 1.54) is 6.92 Å². The lowest BCUT2D eigenvalue weighted by atomic mass is 10.0. The predicted molar refractivity (Wildman–Crippen MR) is 93.9 cm³/mol. The fourth-order valence-corrected chi connectivity index (χ4v) is 2.94. The highest BCUT2D eigenvalue weighted by Gasteiger charge is 2.22. The fourth-order valence-electron chi connectivity index (χ4n) is 2.67. The maximum atomic E-state index is 12.9. The highest BCUT2D eigenvalue weighted by atomic mass is 79.9. The Balaban J connectivity index is 2.17. The Kier molecular flexibility index (Phi) is 6.47. The summed E-state index contributed by atoms with van der Waals surface area (Å²) in [5, 5.41) is 15.5. The van der Waals surface area contributed by atoms with E-state index in [1.807, 2.05) is 0 Å². The first-order valence-electron chi connectivity index (χ1n) is 7.78. The van der Waals surface area contributed by atoms with Crippen molar-refractivity contribution < 1.29 is 23.5 Å². The van der Waals surface area contributed by atoms with Gasteiger partial charge in [0.05, 0.1) is 24.6 Å². The molecule has 1 aromatic carbocycles. The Hall–Kier alpha value is -2.29. The van der Waals surface area contributed by atoms with Crippen molar-refractivity contribution in [3.63, 3.8) is 0 Å². The lowest BCUT2D eigenvalue weighted by Crippen LogP contribution is -2.31. The average Bonchev–Trinajstić information content (AvgIpc) is 2.83. The van der Waals surface area contributed by atoms with Crippen molar-refractivity contribution in [2.45, 2.75) is 39.3 Å². The Morgan fingerprint density at radius 3 is 2.38 bits per heavy atom. The molecule has 0 unspecified atom stereocenters. The van der Waals surface area contributed by atoms with Crippen LogP contribution in [0.5, 0.6) is 0 Å². The molecule has 0 aliphatic rings. The number of nitrogens with zero attached hydrogens (tertiary/aromatic N) is 2. The van der Waals surface area contributed by atoms with Gasteiger partial charge in [0, 0.05) is 15.7 Å². The van der Waals surface area contributed by atoms with Gasteiger partial charge in [0.2, 0.25) is 5.91 Å². The first-order chi connectivity index (χ1) is 12.2. The zero-order valence-corrected chi connectivity index (χ0v) is 15.8. The molecule has 0 saturated heterocycles. The highest BCUT2D eigenvalue weighted by molar-refractivity contribution is 9.10. The van der Waals surface area contributed by atoms with Crippen LogP contribution in [0.1, 0.15) is 41.5 Å². The maximum absolute atomic E-state index is 12.9. The van der Waals surface area contributed by atoms with E-state index in [0.29, 0.717) is 21.5 Å². The molecule has 0 aliphatic heterocycles. The molecule has 140 valence electrons. The minimum absolute atomic E-state index is 0.156. The summed E-state index contributed by atoms with van der Waals surface area (Å²) in [4.78, 5) is 23.5. The quantitative estimate of drug-likeness (QED) is 0.704. The molecule has 1 aromatic heterocycles. The summed E-state index contributed by atoms with van der Waals surface area (Å²) in [7, 11) is 0. The van der Waals surface area contributed by atoms with Crippen molar-refractivity contribution in [1.82, 2.24) is 15.1 Å². The highest BCUT2D eigenvalue weighted by Crippen LogP contribution is 2.22. The van der Waals surface area contributed by atoms with Crippen LogP contribution in [0.4, 0.5) is 8.78 Å². The standard InChI is InChI=1S/C17H18BrF2N3O3/c1-9-13(10(2)23(22-9)17(19)20)7-15(24)21-14(8-16(25)26)11-3-5-12(18)6-4-11/h3-6,14,17H,7-8H2,1-2H3,(H,21,24)(H,25,26)/t14-/m1/s1. The van der Waals surface area contributed by atoms with Crippen LogP contribution >= 0.6 is 15.9 Å². The number of amides is 1. The number of aryl methyl sites for hydroxylation is 1. The number of benzene rings is 1. The van der Waals surface area contributed by atoms with Gasteiger partial charge in [-0.1, -0.05) is 28.1 Å². The minimum Gasteiger partial charge on any atom is -0.481 e. The van der Waals surface area contributed by atoms with E-state index in [2.05, 4.69) is 26.3 Å². The largest absolute Gasteiger partial charge is 0.481 e. The summed E-state index contributed by atoms with van der Waals surface area (Å²) >= 11 is 3.30. The molecular weight excluding hydrogens is 412 g/mol. The van der Waals surface area contributed by atoms with E-state index in [-0.39, 0.29) is 18.5 Å². The lowest BCUT2D eigenvalue weighted by molar-refractivity contribution is -0.137. The molecule has 0 saturated carbocycles. The number of carbonyl (C=O) groups excluding carboxylic acids is 1. The molecular formula is C17H18BrF2N3O3. The second-order valence-electron chi connectivity index (χ2n) is 5.82. The Morgan fingerprint density at radius 1 is 1.27 bits per heavy atom. The van der Waals surface area contributed by atoms with Crippen LogP contribution in [0.15, 0.2) is 28.7 Å². The van der Waals surface area contributed by atoms with Gasteiger partial charge in [0.15, 0.2) is 0 Å². The lowest BCUT2D eigenvalue weighted by Gasteiger charge is -2.18. The summed E-state index contributed by atoms with van der Waals surface area (Å²) in [6.07, 6.45) is -0.446.